The molecule has 1 aliphatic heterocycles. The van der Waals surface area contributed by atoms with Gasteiger partial charge in [-0.15, -0.1) is 0 Å². The van der Waals surface area contributed by atoms with E-state index in [1.807, 2.05) is 30.3 Å². The molecule has 0 amide bonds. The van der Waals surface area contributed by atoms with Crippen LogP contribution in [0.3, 0.4) is 0 Å². The number of fused-ring (bicyclic) bond motifs is 1. The second kappa shape index (κ2) is 9.58. The van der Waals surface area contributed by atoms with Crippen LogP contribution in [-0.2, 0) is 6.42 Å². The monoisotopic (exact) mass is 502 g/mol. The average molecular weight is 503 g/mol. The van der Waals surface area contributed by atoms with Crippen molar-refractivity contribution in [3.63, 3.8) is 0 Å². The molecule has 0 bridgehead atoms. The fraction of sp³-hybridized carbons (Fsp3) is 0.391. The van der Waals surface area contributed by atoms with E-state index in [-0.39, 0.29) is 13.2 Å². The molecule has 8 nitrogen and oxygen atoms in total. The highest BCUT2D eigenvalue weighted by molar-refractivity contribution is 9.10. The lowest BCUT2D eigenvalue weighted by atomic mass is 10.0. The summed E-state index contributed by atoms with van der Waals surface area (Å²) >= 11 is 3.54. The second-order valence-electron chi connectivity index (χ2n) is 8.11. The number of aliphatic hydroxyl groups excluding tert-OH is 2. The Morgan fingerprint density at radius 2 is 1.97 bits per heavy atom. The predicted molar refractivity (Wildman–Crippen MR) is 126 cm³/mol. The fourth-order valence-corrected chi connectivity index (χ4v) is 4.22. The summed E-state index contributed by atoms with van der Waals surface area (Å²) in [7, 11) is 0. The van der Waals surface area contributed by atoms with Crippen molar-refractivity contribution in [2.24, 2.45) is 5.73 Å². The molecular weight excluding hydrogens is 476 g/mol. The molecule has 2 heterocycles. The van der Waals surface area contributed by atoms with Crippen LogP contribution in [0.2, 0.25) is 0 Å². The van der Waals surface area contributed by atoms with Gasteiger partial charge in [0.15, 0.2) is 0 Å². The molecule has 4 N–H and O–H groups in total. The van der Waals surface area contributed by atoms with Crippen molar-refractivity contribution in [2.45, 2.75) is 25.3 Å². The lowest BCUT2D eigenvalue weighted by molar-refractivity contribution is 0.125. The zero-order valence-corrected chi connectivity index (χ0v) is 19.5. The minimum absolute atomic E-state index is 0.277. The smallest absolute Gasteiger partial charge is 0.258 e. The third-order valence-electron chi connectivity index (χ3n) is 5.53. The summed E-state index contributed by atoms with van der Waals surface area (Å²) in [5, 5.41) is 23.2. The summed E-state index contributed by atoms with van der Waals surface area (Å²) in [6.45, 7) is 3.32. The molecule has 170 valence electrons. The molecule has 4 rings (SSSR count). The van der Waals surface area contributed by atoms with E-state index in [0.717, 1.165) is 52.0 Å². The summed E-state index contributed by atoms with van der Waals surface area (Å²) in [5.41, 5.74) is 8.90. The second-order valence-corrected chi connectivity index (χ2v) is 8.96. The van der Waals surface area contributed by atoms with E-state index in [4.69, 9.17) is 15.0 Å². The van der Waals surface area contributed by atoms with Crippen LogP contribution in [0.4, 0.5) is 5.69 Å². The van der Waals surface area contributed by atoms with Gasteiger partial charge in [0, 0.05) is 29.9 Å². The molecule has 0 saturated heterocycles. The zero-order chi connectivity index (χ0) is 22.7. The Kier molecular flexibility index (Phi) is 6.80. The number of benzene rings is 2. The number of halogens is 1. The predicted octanol–water partition coefficient (Wildman–Crippen LogP) is 3.00. The molecule has 0 spiro atoms. The largest absolute Gasteiger partial charge is 0.492 e. The number of anilines is 1. The molecule has 32 heavy (non-hydrogen) atoms. The third-order valence-corrected chi connectivity index (χ3v) is 6.15. The topological polar surface area (TPSA) is 118 Å². The van der Waals surface area contributed by atoms with Crippen molar-refractivity contribution in [3.8, 4) is 28.6 Å². The van der Waals surface area contributed by atoms with E-state index in [1.165, 1.54) is 0 Å². The quantitative estimate of drug-likeness (QED) is 0.408. The minimum Gasteiger partial charge on any atom is -0.492 e. The van der Waals surface area contributed by atoms with Gasteiger partial charge in [-0.05, 0) is 70.7 Å². The zero-order valence-electron chi connectivity index (χ0n) is 17.9. The summed E-state index contributed by atoms with van der Waals surface area (Å²) in [6, 6.07) is 11.7. The van der Waals surface area contributed by atoms with Crippen LogP contribution >= 0.6 is 15.9 Å². The number of hydrogen-bond donors (Lipinski definition) is 3. The number of nitrogens with two attached hydrogens (primary N) is 1. The van der Waals surface area contributed by atoms with Crippen LogP contribution in [-0.4, -0.2) is 58.8 Å². The van der Waals surface area contributed by atoms with Crippen molar-refractivity contribution in [1.82, 2.24) is 10.1 Å². The number of aromatic nitrogens is 2. The van der Waals surface area contributed by atoms with E-state index in [9.17, 15) is 10.2 Å². The van der Waals surface area contributed by atoms with Crippen LogP contribution in [0.5, 0.6) is 5.75 Å². The molecule has 1 aromatic heterocycles. The van der Waals surface area contributed by atoms with Crippen LogP contribution in [0.15, 0.2) is 45.4 Å². The van der Waals surface area contributed by atoms with Crippen molar-refractivity contribution in [3.05, 3.63) is 46.4 Å². The first-order valence-electron chi connectivity index (χ1n) is 10.6. The number of nitrogens with zero attached hydrogens (tertiary/aromatic N) is 3. The number of rotatable bonds is 9. The minimum atomic E-state index is -1.03. The summed E-state index contributed by atoms with van der Waals surface area (Å²) in [4.78, 5) is 6.67. The molecule has 0 radical (unpaired) electrons. The van der Waals surface area contributed by atoms with Crippen LogP contribution in [0.25, 0.3) is 22.8 Å². The van der Waals surface area contributed by atoms with E-state index in [1.54, 1.807) is 0 Å². The van der Waals surface area contributed by atoms with Crippen LogP contribution in [0.1, 0.15) is 18.9 Å². The molecule has 0 saturated carbocycles. The first-order valence-corrected chi connectivity index (χ1v) is 11.4. The van der Waals surface area contributed by atoms with Crippen molar-refractivity contribution >= 4 is 21.6 Å². The van der Waals surface area contributed by atoms with Gasteiger partial charge >= 0.3 is 0 Å². The van der Waals surface area contributed by atoms with Crippen molar-refractivity contribution < 1.29 is 19.5 Å². The van der Waals surface area contributed by atoms with Crippen LogP contribution in [0, 0.1) is 0 Å². The number of ether oxygens (including phenoxy) is 1. The SMILES string of the molecule is CCCOc1ccc(-c2nc(-c3ccc4c(c3)CCN4CC(N)(CO)CO)no2)cc1Br. The van der Waals surface area contributed by atoms with Crippen LogP contribution < -0.4 is 15.4 Å². The van der Waals surface area contributed by atoms with Gasteiger partial charge in [-0.25, -0.2) is 0 Å². The Bertz CT molecular complexity index is 1080. The Balaban J connectivity index is 1.53. The highest BCUT2D eigenvalue weighted by Crippen LogP contribution is 2.34. The van der Waals surface area contributed by atoms with E-state index in [0.29, 0.717) is 24.9 Å². The average Bonchev–Trinajstić information content (AvgIpc) is 3.45. The first kappa shape index (κ1) is 22.7. The molecule has 3 aromatic rings. The summed E-state index contributed by atoms with van der Waals surface area (Å²) in [5.74, 6) is 1.73. The first-order chi connectivity index (χ1) is 15.5. The van der Waals surface area contributed by atoms with Gasteiger partial charge in [0.1, 0.15) is 5.75 Å². The fourth-order valence-electron chi connectivity index (χ4n) is 3.72. The highest BCUT2D eigenvalue weighted by Gasteiger charge is 2.30. The van der Waals surface area contributed by atoms with Crippen molar-refractivity contribution in [1.29, 1.82) is 0 Å². The number of hydrogen-bond acceptors (Lipinski definition) is 8. The molecule has 0 atom stereocenters. The Morgan fingerprint density at radius 3 is 2.69 bits per heavy atom. The Hall–Kier alpha value is -2.46. The molecule has 9 heteroatoms. The van der Waals surface area contributed by atoms with Gasteiger partial charge in [-0.3, -0.25) is 0 Å². The van der Waals surface area contributed by atoms with E-state index >= 15 is 0 Å². The maximum atomic E-state index is 9.50. The van der Waals surface area contributed by atoms with E-state index in [2.05, 4.69) is 44.0 Å². The standard InChI is InChI=1S/C23H27BrN4O4/c1-2-9-31-20-6-4-17(11-18(20)24)22-26-21(27-32-22)16-3-5-19-15(10-16)7-8-28(19)12-23(25,13-29)14-30/h3-6,10-11,29-30H,2,7-9,12-14,25H2,1H3. The Labute approximate surface area is 195 Å². The number of aliphatic hydroxyl groups is 2. The summed E-state index contributed by atoms with van der Waals surface area (Å²) in [6.07, 6.45) is 1.78. The van der Waals surface area contributed by atoms with Gasteiger partial charge < -0.3 is 30.1 Å². The lowest BCUT2D eigenvalue weighted by Gasteiger charge is -2.31. The maximum absolute atomic E-state index is 9.50. The maximum Gasteiger partial charge on any atom is 0.258 e. The van der Waals surface area contributed by atoms with Gasteiger partial charge in [0.05, 0.1) is 29.8 Å². The van der Waals surface area contributed by atoms with Gasteiger partial charge in [-0.2, -0.15) is 4.98 Å². The van der Waals surface area contributed by atoms with Crippen molar-refractivity contribution in [2.75, 3.05) is 37.8 Å². The third kappa shape index (κ3) is 4.66. The highest BCUT2D eigenvalue weighted by atomic mass is 79.9. The molecular formula is C23H27BrN4O4. The van der Waals surface area contributed by atoms with E-state index < -0.39 is 5.54 Å². The molecule has 0 unspecified atom stereocenters. The molecule has 0 aliphatic carbocycles. The van der Waals surface area contributed by atoms with Gasteiger partial charge in [0.25, 0.3) is 5.89 Å². The Morgan fingerprint density at radius 1 is 1.19 bits per heavy atom. The normalized spacial score (nSPS) is 13.5. The lowest BCUT2D eigenvalue weighted by Crippen LogP contribution is -2.55. The summed E-state index contributed by atoms with van der Waals surface area (Å²) < 4.78 is 12.0. The molecule has 1 aliphatic rings. The van der Waals surface area contributed by atoms with Gasteiger partial charge in [-0.1, -0.05) is 12.1 Å². The molecule has 0 fully saturated rings. The molecule has 2 aromatic carbocycles. The van der Waals surface area contributed by atoms with Gasteiger partial charge in [0.2, 0.25) is 5.82 Å².